The number of hydrogen-bond donors (Lipinski definition) is 0. The lowest BCUT2D eigenvalue weighted by molar-refractivity contribution is -0.305. The summed E-state index contributed by atoms with van der Waals surface area (Å²) >= 11 is 0. The van der Waals surface area contributed by atoms with Crippen LogP contribution in [0.4, 0.5) is 0 Å². The molecule has 1 fully saturated rings. The summed E-state index contributed by atoms with van der Waals surface area (Å²) in [4.78, 5) is 45.8. The standard InChI is InChI=1S/C17H24O10/c1-6-7-22-17-16(26-12(5)21)15(25-11(4)20)14(24-10(3)19)13(27-17)8-23-9(2)18/h6,13-17H,1,7-8H2,2-5H3/t13-,14-,15+,16+,17+/m1/s1. The second kappa shape index (κ2) is 10.6. The Bertz CT molecular complexity index is 572. The van der Waals surface area contributed by atoms with Crippen LogP contribution in [-0.4, -0.2) is 67.8 Å². The molecular formula is C17H24O10. The molecule has 0 amide bonds. The van der Waals surface area contributed by atoms with E-state index in [2.05, 4.69) is 6.58 Å². The smallest absolute Gasteiger partial charge is 0.303 e. The van der Waals surface area contributed by atoms with Gasteiger partial charge in [-0.15, -0.1) is 6.58 Å². The molecule has 5 atom stereocenters. The lowest BCUT2D eigenvalue weighted by atomic mass is 9.98. The molecule has 152 valence electrons. The van der Waals surface area contributed by atoms with Crippen LogP contribution in [0.1, 0.15) is 27.7 Å². The number of esters is 4. The Balaban J connectivity index is 3.24. The number of rotatable bonds is 8. The summed E-state index contributed by atoms with van der Waals surface area (Å²) in [5, 5.41) is 0. The van der Waals surface area contributed by atoms with E-state index >= 15 is 0 Å². The molecule has 0 bridgehead atoms. The quantitative estimate of drug-likeness (QED) is 0.325. The lowest BCUT2D eigenvalue weighted by Gasteiger charge is -2.43. The first-order valence-corrected chi connectivity index (χ1v) is 8.18. The van der Waals surface area contributed by atoms with Crippen molar-refractivity contribution in [3.05, 3.63) is 12.7 Å². The van der Waals surface area contributed by atoms with E-state index in [1.54, 1.807) is 0 Å². The zero-order valence-electron chi connectivity index (χ0n) is 15.7. The number of carbonyl (C=O) groups is 4. The third-order valence-corrected chi connectivity index (χ3v) is 3.33. The predicted molar refractivity (Wildman–Crippen MR) is 88.1 cm³/mol. The molecule has 10 heteroatoms. The summed E-state index contributed by atoms with van der Waals surface area (Å²) in [6.45, 7) is 7.90. The van der Waals surface area contributed by atoms with Crippen LogP contribution in [0.15, 0.2) is 12.7 Å². The SMILES string of the molecule is C=CCO[C@H]1O[C@H](COC(C)=O)[C@@H](OC(C)=O)[C@H](OC(C)=O)[C@@H]1OC(C)=O. The molecule has 1 saturated heterocycles. The van der Waals surface area contributed by atoms with Gasteiger partial charge in [0.2, 0.25) is 0 Å². The number of carbonyl (C=O) groups excluding carboxylic acids is 4. The molecular weight excluding hydrogens is 364 g/mol. The minimum atomic E-state index is -1.24. The number of ether oxygens (including phenoxy) is 6. The van der Waals surface area contributed by atoms with Crippen molar-refractivity contribution in [2.45, 2.75) is 58.4 Å². The first kappa shape index (κ1) is 22.6. The normalized spacial score (nSPS) is 27.2. The number of hydrogen-bond acceptors (Lipinski definition) is 10. The highest BCUT2D eigenvalue weighted by Gasteiger charge is 2.52. The highest BCUT2D eigenvalue weighted by Crippen LogP contribution is 2.29. The van der Waals surface area contributed by atoms with Gasteiger partial charge in [-0.3, -0.25) is 19.2 Å². The molecule has 27 heavy (non-hydrogen) atoms. The van der Waals surface area contributed by atoms with Crippen LogP contribution in [0, 0.1) is 0 Å². The van der Waals surface area contributed by atoms with Gasteiger partial charge < -0.3 is 28.4 Å². The summed E-state index contributed by atoms with van der Waals surface area (Å²) < 4.78 is 31.7. The summed E-state index contributed by atoms with van der Waals surface area (Å²) in [6, 6.07) is 0. The van der Waals surface area contributed by atoms with Gasteiger partial charge in [-0.2, -0.15) is 0 Å². The van der Waals surface area contributed by atoms with Crippen molar-refractivity contribution in [1.29, 1.82) is 0 Å². The predicted octanol–water partition coefficient (Wildman–Crippen LogP) is 0.272. The first-order chi connectivity index (χ1) is 12.6. The van der Waals surface area contributed by atoms with Gasteiger partial charge in [0.25, 0.3) is 0 Å². The summed E-state index contributed by atoms with van der Waals surface area (Å²) in [6.07, 6.45) is -4.41. The second-order valence-corrected chi connectivity index (χ2v) is 5.69. The van der Waals surface area contributed by atoms with Crippen molar-refractivity contribution in [3.8, 4) is 0 Å². The van der Waals surface area contributed by atoms with Crippen LogP contribution in [0.25, 0.3) is 0 Å². The Hall–Kier alpha value is -2.46. The fourth-order valence-corrected chi connectivity index (χ4v) is 2.49. The topological polar surface area (TPSA) is 124 Å². The maximum absolute atomic E-state index is 11.6. The Morgan fingerprint density at radius 3 is 1.85 bits per heavy atom. The van der Waals surface area contributed by atoms with Crippen molar-refractivity contribution >= 4 is 23.9 Å². The Kier molecular flexibility index (Phi) is 8.89. The largest absolute Gasteiger partial charge is 0.463 e. The maximum Gasteiger partial charge on any atom is 0.303 e. The first-order valence-electron chi connectivity index (χ1n) is 8.18. The van der Waals surface area contributed by atoms with E-state index in [-0.39, 0.29) is 13.2 Å². The molecule has 0 aromatic rings. The van der Waals surface area contributed by atoms with Gasteiger partial charge in [-0.25, -0.2) is 0 Å². The molecule has 1 heterocycles. The van der Waals surface area contributed by atoms with Gasteiger partial charge >= 0.3 is 23.9 Å². The van der Waals surface area contributed by atoms with Gasteiger partial charge in [-0.05, 0) is 0 Å². The van der Waals surface area contributed by atoms with Gasteiger partial charge in [0.15, 0.2) is 24.6 Å². The Morgan fingerprint density at radius 2 is 1.37 bits per heavy atom. The van der Waals surface area contributed by atoms with E-state index in [1.807, 2.05) is 0 Å². The average Bonchev–Trinajstić information content (AvgIpc) is 2.54. The molecule has 0 aromatic carbocycles. The zero-order valence-corrected chi connectivity index (χ0v) is 15.7. The molecule has 0 spiro atoms. The lowest BCUT2D eigenvalue weighted by Crippen LogP contribution is -2.62. The fourth-order valence-electron chi connectivity index (χ4n) is 2.49. The van der Waals surface area contributed by atoms with Crippen LogP contribution >= 0.6 is 0 Å². The molecule has 10 nitrogen and oxygen atoms in total. The van der Waals surface area contributed by atoms with Gasteiger partial charge in [-0.1, -0.05) is 6.08 Å². The molecule has 0 saturated carbocycles. The highest BCUT2D eigenvalue weighted by atomic mass is 16.7. The molecule has 0 aliphatic carbocycles. The summed E-state index contributed by atoms with van der Waals surface area (Å²) in [5.41, 5.74) is 0. The van der Waals surface area contributed by atoms with E-state index in [1.165, 1.54) is 13.0 Å². The van der Waals surface area contributed by atoms with Crippen LogP contribution in [-0.2, 0) is 47.6 Å². The average molecular weight is 388 g/mol. The minimum absolute atomic E-state index is 0.0355. The van der Waals surface area contributed by atoms with Crippen molar-refractivity contribution < 1.29 is 47.6 Å². The third-order valence-electron chi connectivity index (χ3n) is 3.33. The highest BCUT2D eigenvalue weighted by molar-refractivity contribution is 5.68. The van der Waals surface area contributed by atoms with Crippen LogP contribution in [0.2, 0.25) is 0 Å². The van der Waals surface area contributed by atoms with Crippen LogP contribution < -0.4 is 0 Å². The van der Waals surface area contributed by atoms with E-state index in [0.29, 0.717) is 0 Å². The molecule has 1 rings (SSSR count). The van der Waals surface area contributed by atoms with Crippen molar-refractivity contribution in [2.75, 3.05) is 13.2 Å². The molecule has 0 aromatic heterocycles. The molecule has 1 aliphatic rings. The molecule has 0 N–H and O–H groups in total. The van der Waals surface area contributed by atoms with E-state index in [0.717, 1.165) is 20.8 Å². The second-order valence-electron chi connectivity index (χ2n) is 5.69. The molecule has 0 radical (unpaired) electrons. The Morgan fingerprint density at radius 1 is 0.852 bits per heavy atom. The molecule has 0 unspecified atom stereocenters. The zero-order chi connectivity index (χ0) is 20.6. The third kappa shape index (κ3) is 7.35. The van der Waals surface area contributed by atoms with Crippen molar-refractivity contribution in [3.63, 3.8) is 0 Å². The van der Waals surface area contributed by atoms with Crippen molar-refractivity contribution in [1.82, 2.24) is 0 Å². The fraction of sp³-hybridized carbons (Fsp3) is 0.647. The monoisotopic (exact) mass is 388 g/mol. The van der Waals surface area contributed by atoms with Crippen LogP contribution in [0.3, 0.4) is 0 Å². The van der Waals surface area contributed by atoms with E-state index < -0.39 is 54.6 Å². The van der Waals surface area contributed by atoms with E-state index in [9.17, 15) is 19.2 Å². The summed E-state index contributed by atoms with van der Waals surface area (Å²) in [5.74, 6) is -2.67. The van der Waals surface area contributed by atoms with Crippen molar-refractivity contribution in [2.24, 2.45) is 0 Å². The minimum Gasteiger partial charge on any atom is -0.463 e. The van der Waals surface area contributed by atoms with Gasteiger partial charge in [0.1, 0.15) is 12.7 Å². The van der Waals surface area contributed by atoms with Crippen LogP contribution in [0.5, 0.6) is 0 Å². The maximum atomic E-state index is 11.6. The van der Waals surface area contributed by atoms with E-state index in [4.69, 9.17) is 28.4 Å². The Labute approximate surface area is 156 Å². The van der Waals surface area contributed by atoms with Gasteiger partial charge in [0.05, 0.1) is 6.61 Å². The molecule has 1 aliphatic heterocycles. The van der Waals surface area contributed by atoms with Gasteiger partial charge in [0, 0.05) is 27.7 Å². The summed E-state index contributed by atoms with van der Waals surface area (Å²) in [7, 11) is 0.